The van der Waals surface area contributed by atoms with Gasteiger partial charge in [-0.05, 0) is 55.2 Å². The summed E-state index contributed by atoms with van der Waals surface area (Å²) in [5, 5.41) is 0. The van der Waals surface area contributed by atoms with E-state index in [9.17, 15) is 17.6 Å². The minimum absolute atomic E-state index is 0.0599. The summed E-state index contributed by atoms with van der Waals surface area (Å²) < 4.78 is 72.5. The fraction of sp³-hybridized carbons (Fsp3) is 0.417. The Morgan fingerprint density at radius 2 is 1.68 bits per heavy atom. The SMILES string of the molecule is COCCCC1COC(CCc2cc(F)c(C#Cc3ccc(F)cc3)c(F)c2F)OC1. The maximum absolute atomic E-state index is 14.5. The summed E-state index contributed by atoms with van der Waals surface area (Å²) >= 11 is 0. The van der Waals surface area contributed by atoms with Crippen LogP contribution in [0.3, 0.4) is 0 Å². The zero-order valence-corrected chi connectivity index (χ0v) is 17.2. The smallest absolute Gasteiger partial charge is 0.177 e. The summed E-state index contributed by atoms with van der Waals surface area (Å²) in [6, 6.07) is 6.04. The van der Waals surface area contributed by atoms with Gasteiger partial charge in [-0.3, -0.25) is 0 Å². The van der Waals surface area contributed by atoms with Gasteiger partial charge in [0, 0.05) is 31.6 Å². The number of ether oxygens (including phenoxy) is 3. The van der Waals surface area contributed by atoms with Crippen LogP contribution in [-0.2, 0) is 20.6 Å². The highest BCUT2D eigenvalue weighted by Gasteiger charge is 2.23. The number of hydrogen-bond acceptors (Lipinski definition) is 3. The lowest BCUT2D eigenvalue weighted by atomic mass is 10.0. The molecule has 1 saturated heterocycles. The summed E-state index contributed by atoms with van der Waals surface area (Å²) in [6.45, 7) is 1.73. The Morgan fingerprint density at radius 3 is 2.35 bits per heavy atom. The number of hydrogen-bond donors (Lipinski definition) is 0. The fourth-order valence-electron chi connectivity index (χ4n) is 3.31. The van der Waals surface area contributed by atoms with Gasteiger partial charge in [0.2, 0.25) is 0 Å². The first-order valence-corrected chi connectivity index (χ1v) is 10.1. The number of aryl methyl sites for hydroxylation is 1. The third kappa shape index (κ3) is 6.54. The monoisotopic (exact) mass is 436 g/mol. The van der Waals surface area contributed by atoms with Crippen molar-refractivity contribution >= 4 is 0 Å². The van der Waals surface area contributed by atoms with Crippen molar-refractivity contribution in [3.05, 3.63) is 70.3 Å². The zero-order valence-electron chi connectivity index (χ0n) is 17.2. The van der Waals surface area contributed by atoms with Gasteiger partial charge in [-0.25, -0.2) is 17.6 Å². The molecule has 2 aromatic carbocycles. The predicted octanol–water partition coefficient (Wildman–Crippen LogP) is 4.99. The summed E-state index contributed by atoms with van der Waals surface area (Å²) in [5.41, 5.74) is -0.400. The van der Waals surface area contributed by atoms with E-state index in [1.165, 1.54) is 24.3 Å². The van der Waals surface area contributed by atoms with Gasteiger partial charge >= 0.3 is 0 Å². The van der Waals surface area contributed by atoms with Crippen LogP contribution in [0.15, 0.2) is 30.3 Å². The van der Waals surface area contributed by atoms with Gasteiger partial charge in [0.15, 0.2) is 17.9 Å². The molecule has 1 heterocycles. The molecule has 0 aromatic heterocycles. The van der Waals surface area contributed by atoms with E-state index < -0.39 is 35.1 Å². The summed E-state index contributed by atoms with van der Waals surface area (Å²) in [5.74, 6) is 1.20. The van der Waals surface area contributed by atoms with Gasteiger partial charge in [-0.15, -0.1) is 0 Å². The van der Waals surface area contributed by atoms with E-state index in [2.05, 4.69) is 11.8 Å². The topological polar surface area (TPSA) is 27.7 Å². The Kier molecular flexibility index (Phi) is 8.47. The molecule has 0 unspecified atom stereocenters. The molecule has 31 heavy (non-hydrogen) atoms. The first-order chi connectivity index (χ1) is 15.0. The van der Waals surface area contributed by atoms with Gasteiger partial charge in [-0.2, -0.15) is 0 Å². The largest absolute Gasteiger partial charge is 0.385 e. The minimum atomic E-state index is -1.34. The lowest BCUT2D eigenvalue weighted by Gasteiger charge is -2.29. The lowest BCUT2D eigenvalue weighted by Crippen LogP contribution is -2.32. The van der Waals surface area contributed by atoms with Gasteiger partial charge in [0.25, 0.3) is 0 Å². The van der Waals surface area contributed by atoms with E-state index in [1.807, 2.05) is 0 Å². The van der Waals surface area contributed by atoms with Crippen LogP contribution in [0.5, 0.6) is 0 Å². The van der Waals surface area contributed by atoms with Gasteiger partial charge < -0.3 is 14.2 Å². The molecule has 0 radical (unpaired) electrons. The maximum Gasteiger partial charge on any atom is 0.177 e. The predicted molar refractivity (Wildman–Crippen MR) is 107 cm³/mol. The molecule has 0 aliphatic carbocycles. The van der Waals surface area contributed by atoms with Crippen LogP contribution in [-0.4, -0.2) is 33.2 Å². The van der Waals surface area contributed by atoms with Crippen LogP contribution in [0, 0.1) is 41.0 Å². The standard InChI is InChI=1S/C24H24F4O3/c1-29-12-2-3-17-14-30-22(31-15-17)11-7-18-13-21(26)20(24(28)23(18)27)10-6-16-4-8-19(25)9-5-16/h4-5,8-9,13,17,22H,2-3,7,11-12,14-15H2,1H3. The highest BCUT2D eigenvalue weighted by Crippen LogP contribution is 2.24. The van der Waals surface area contributed by atoms with Gasteiger partial charge in [-0.1, -0.05) is 11.8 Å². The van der Waals surface area contributed by atoms with E-state index in [-0.39, 0.29) is 24.3 Å². The summed E-state index contributed by atoms with van der Waals surface area (Å²) in [7, 11) is 1.65. The van der Waals surface area contributed by atoms with Crippen molar-refractivity contribution < 1.29 is 31.8 Å². The van der Waals surface area contributed by atoms with Gasteiger partial charge in [0.05, 0.1) is 18.8 Å². The van der Waals surface area contributed by atoms with E-state index in [0.29, 0.717) is 25.4 Å². The molecular formula is C24H24F4O3. The Hall–Kier alpha value is -2.40. The van der Waals surface area contributed by atoms with Gasteiger partial charge in [0.1, 0.15) is 11.6 Å². The number of halogens is 4. The minimum Gasteiger partial charge on any atom is -0.385 e. The van der Waals surface area contributed by atoms with Crippen LogP contribution in [0.1, 0.15) is 36.0 Å². The van der Waals surface area contributed by atoms with E-state index in [1.54, 1.807) is 7.11 Å². The molecule has 0 amide bonds. The van der Waals surface area contributed by atoms with Crippen LogP contribution >= 0.6 is 0 Å². The van der Waals surface area contributed by atoms with Crippen molar-refractivity contribution in [2.24, 2.45) is 5.92 Å². The summed E-state index contributed by atoms with van der Waals surface area (Å²) in [6.07, 6.45) is 1.64. The molecule has 0 spiro atoms. The maximum atomic E-state index is 14.5. The quantitative estimate of drug-likeness (QED) is 0.265. The Bertz CT molecular complexity index is 927. The Balaban J connectivity index is 1.59. The highest BCUT2D eigenvalue weighted by molar-refractivity contribution is 5.45. The van der Waals surface area contributed by atoms with E-state index in [0.717, 1.165) is 18.9 Å². The first kappa shape index (κ1) is 23.3. The Morgan fingerprint density at radius 1 is 0.968 bits per heavy atom. The number of methoxy groups -OCH3 is 1. The number of benzene rings is 2. The van der Waals surface area contributed by atoms with Crippen molar-refractivity contribution in [2.45, 2.75) is 32.0 Å². The first-order valence-electron chi connectivity index (χ1n) is 10.1. The fourth-order valence-corrected chi connectivity index (χ4v) is 3.31. The van der Waals surface area contributed by atoms with Crippen LogP contribution in [0.4, 0.5) is 17.6 Å². The normalized spacial score (nSPS) is 18.5. The molecule has 2 aromatic rings. The third-order valence-corrected chi connectivity index (χ3v) is 5.06. The number of rotatable bonds is 7. The molecule has 7 heteroatoms. The van der Waals surface area contributed by atoms with Crippen molar-refractivity contribution in [1.82, 2.24) is 0 Å². The van der Waals surface area contributed by atoms with Crippen molar-refractivity contribution in [3.63, 3.8) is 0 Å². The zero-order chi connectivity index (χ0) is 22.2. The molecule has 166 valence electrons. The molecule has 0 N–H and O–H groups in total. The van der Waals surface area contributed by atoms with E-state index in [4.69, 9.17) is 14.2 Å². The molecule has 0 atom stereocenters. The second kappa shape index (κ2) is 11.3. The van der Waals surface area contributed by atoms with Crippen molar-refractivity contribution in [3.8, 4) is 11.8 Å². The average molecular weight is 436 g/mol. The summed E-state index contributed by atoms with van der Waals surface area (Å²) in [4.78, 5) is 0. The molecular weight excluding hydrogens is 412 g/mol. The molecule has 3 nitrogen and oxygen atoms in total. The molecule has 1 aliphatic heterocycles. The van der Waals surface area contributed by atoms with Crippen molar-refractivity contribution in [2.75, 3.05) is 26.9 Å². The Labute approximate surface area is 179 Å². The van der Waals surface area contributed by atoms with Crippen LogP contribution in [0.25, 0.3) is 0 Å². The average Bonchev–Trinajstić information content (AvgIpc) is 2.77. The third-order valence-electron chi connectivity index (χ3n) is 5.06. The highest BCUT2D eigenvalue weighted by atomic mass is 19.2. The molecule has 0 saturated carbocycles. The molecule has 0 bridgehead atoms. The second-order valence-electron chi connectivity index (χ2n) is 7.41. The molecule has 3 rings (SSSR count). The molecule has 1 fully saturated rings. The molecule has 1 aliphatic rings. The lowest BCUT2D eigenvalue weighted by molar-refractivity contribution is -0.203. The van der Waals surface area contributed by atoms with Crippen molar-refractivity contribution in [1.29, 1.82) is 0 Å². The van der Waals surface area contributed by atoms with E-state index >= 15 is 0 Å². The van der Waals surface area contributed by atoms with Crippen LogP contribution < -0.4 is 0 Å². The second-order valence-corrected chi connectivity index (χ2v) is 7.41. The van der Waals surface area contributed by atoms with Crippen LogP contribution in [0.2, 0.25) is 0 Å².